The van der Waals surface area contributed by atoms with Crippen LogP contribution in [0.15, 0.2) is 29.4 Å². The SMILES string of the molecule is CCC[C@H](C)NC(=O)CSc1nnc(-c2ccc(Cl)cc2)n1CC. The van der Waals surface area contributed by atoms with Gasteiger partial charge in [-0.2, -0.15) is 0 Å². The fourth-order valence-electron chi connectivity index (χ4n) is 2.44. The molecular formula is C17H23ClN4OS. The average molecular weight is 367 g/mol. The first-order chi connectivity index (χ1) is 11.5. The molecule has 1 amide bonds. The van der Waals surface area contributed by atoms with Crippen LogP contribution >= 0.6 is 23.4 Å². The van der Waals surface area contributed by atoms with Crippen LogP contribution < -0.4 is 5.32 Å². The summed E-state index contributed by atoms with van der Waals surface area (Å²) in [5, 5.41) is 12.9. The molecule has 130 valence electrons. The molecule has 1 N–H and O–H groups in total. The van der Waals surface area contributed by atoms with Gasteiger partial charge < -0.3 is 9.88 Å². The minimum Gasteiger partial charge on any atom is -0.353 e. The van der Waals surface area contributed by atoms with Gasteiger partial charge in [0.15, 0.2) is 11.0 Å². The van der Waals surface area contributed by atoms with Crippen molar-refractivity contribution >= 4 is 29.3 Å². The first kappa shape index (κ1) is 18.8. The van der Waals surface area contributed by atoms with Gasteiger partial charge in [0.25, 0.3) is 0 Å². The Morgan fingerprint density at radius 3 is 2.62 bits per heavy atom. The smallest absolute Gasteiger partial charge is 0.230 e. The molecule has 0 unspecified atom stereocenters. The summed E-state index contributed by atoms with van der Waals surface area (Å²) in [6.07, 6.45) is 2.05. The molecule has 0 saturated carbocycles. The van der Waals surface area contributed by atoms with Crippen molar-refractivity contribution in [3.05, 3.63) is 29.3 Å². The number of carbonyl (C=O) groups excluding carboxylic acids is 1. The van der Waals surface area contributed by atoms with Gasteiger partial charge in [-0.15, -0.1) is 10.2 Å². The van der Waals surface area contributed by atoms with Crippen LogP contribution in [0.25, 0.3) is 11.4 Å². The third-order valence-electron chi connectivity index (χ3n) is 3.60. The molecule has 1 aromatic heterocycles. The van der Waals surface area contributed by atoms with E-state index in [1.165, 1.54) is 11.8 Å². The highest BCUT2D eigenvalue weighted by Crippen LogP contribution is 2.25. The Bertz CT molecular complexity index is 672. The van der Waals surface area contributed by atoms with Crippen molar-refractivity contribution in [2.24, 2.45) is 0 Å². The van der Waals surface area contributed by atoms with Crippen LogP contribution in [0.1, 0.15) is 33.6 Å². The Morgan fingerprint density at radius 1 is 1.29 bits per heavy atom. The molecule has 2 aromatic rings. The van der Waals surface area contributed by atoms with E-state index in [1.54, 1.807) is 0 Å². The highest BCUT2D eigenvalue weighted by Gasteiger charge is 2.15. The fourth-order valence-corrected chi connectivity index (χ4v) is 3.38. The van der Waals surface area contributed by atoms with Crippen LogP contribution in [-0.4, -0.2) is 32.5 Å². The van der Waals surface area contributed by atoms with E-state index in [0.717, 1.165) is 35.9 Å². The van der Waals surface area contributed by atoms with Crippen molar-refractivity contribution in [1.29, 1.82) is 0 Å². The summed E-state index contributed by atoms with van der Waals surface area (Å²) in [6, 6.07) is 7.72. The number of amides is 1. The van der Waals surface area contributed by atoms with E-state index in [9.17, 15) is 4.79 Å². The molecule has 24 heavy (non-hydrogen) atoms. The number of carbonyl (C=O) groups is 1. The van der Waals surface area contributed by atoms with E-state index in [1.807, 2.05) is 42.7 Å². The zero-order chi connectivity index (χ0) is 17.5. The van der Waals surface area contributed by atoms with Crippen LogP contribution in [0.4, 0.5) is 0 Å². The Kier molecular flexibility index (Phi) is 7.12. The minimum absolute atomic E-state index is 0.0274. The van der Waals surface area contributed by atoms with Crippen LogP contribution in [-0.2, 0) is 11.3 Å². The quantitative estimate of drug-likeness (QED) is 0.717. The lowest BCUT2D eigenvalue weighted by Crippen LogP contribution is -2.33. The number of rotatable bonds is 8. The maximum Gasteiger partial charge on any atom is 0.230 e. The van der Waals surface area contributed by atoms with Crippen LogP contribution in [0.3, 0.4) is 0 Å². The largest absolute Gasteiger partial charge is 0.353 e. The summed E-state index contributed by atoms with van der Waals surface area (Å²) in [5.74, 6) is 1.16. The van der Waals surface area contributed by atoms with Crippen LogP contribution in [0, 0.1) is 0 Å². The second-order valence-corrected chi connectivity index (χ2v) is 6.98. The van der Waals surface area contributed by atoms with Gasteiger partial charge in [0.2, 0.25) is 5.91 Å². The molecule has 0 fully saturated rings. The van der Waals surface area contributed by atoms with Crippen molar-refractivity contribution in [1.82, 2.24) is 20.1 Å². The Balaban J connectivity index is 2.04. The zero-order valence-corrected chi connectivity index (χ0v) is 15.8. The standard InChI is InChI=1S/C17H23ClN4OS/c1-4-6-12(3)19-15(23)11-24-17-21-20-16(22(17)5-2)13-7-9-14(18)10-8-13/h7-10,12H,4-6,11H2,1-3H3,(H,19,23)/t12-/m0/s1. The molecule has 0 spiro atoms. The summed E-state index contributed by atoms with van der Waals surface area (Å²) < 4.78 is 2.01. The highest BCUT2D eigenvalue weighted by molar-refractivity contribution is 7.99. The van der Waals surface area contributed by atoms with Gasteiger partial charge in [0.1, 0.15) is 0 Å². The summed E-state index contributed by atoms with van der Waals surface area (Å²) in [4.78, 5) is 12.0. The van der Waals surface area contributed by atoms with Crippen LogP contribution in [0.2, 0.25) is 5.02 Å². The normalized spacial score (nSPS) is 12.2. The van der Waals surface area contributed by atoms with Crippen molar-refractivity contribution in [2.75, 3.05) is 5.75 Å². The molecule has 1 aromatic carbocycles. The summed E-state index contributed by atoms with van der Waals surface area (Å²) >= 11 is 7.34. The zero-order valence-electron chi connectivity index (χ0n) is 14.3. The van der Waals surface area contributed by atoms with E-state index in [2.05, 4.69) is 22.4 Å². The third kappa shape index (κ3) is 4.98. The first-order valence-corrected chi connectivity index (χ1v) is 9.52. The first-order valence-electron chi connectivity index (χ1n) is 8.16. The van der Waals surface area contributed by atoms with Gasteiger partial charge in [-0.1, -0.05) is 36.7 Å². The number of nitrogens with one attached hydrogen (secondary N) is 1. The number of thioether (sulfide) groups is 1. The molecular weight excluding hydrogens is 344 g/mol. The number of hydrogen-bond donors (Lipinski definition) is 1. The molecule has 2 rings (SSSR count). The molecule has 5 nitrogen and oxygen atoms in total. The van der Waals surface area contributed by atoms with Gasteiger partial charge in [-0.25, -0.2) is 0 Å². The Hall–Kier alpha value is -1.53. The Morgan fingerprint density at radius 2 is 2.00 bits per heavy atom. The van der Waals surface area contributed by atoms with Gasteiger partial charge in [0.05, 0.1) is 5.75 Å². The maximum absolute atomic E-state index is 12.0. The predicted octanol–water partition coefficient (Wildman–Crippen LogP) is 4.02. The molecule has 0 bridgehead atoms. The fraction of sp³-hybridized carbons (Fsp3) is 0.471. The molecule has 0 aliphatic heterocycles. The molecule has 0 radical (unpaired) electrons. The molecule has 1 atom stereocenters. The lowest BCUT2D eigenvalue weighted by atomic mass is 10.2. The number of aromatic nitrogens is 3. The molecule has 0 saturated heterocycles. The molecule has 7 heteroatoms. The van der Waals surface area contributed by atoms with E-state index >= 15 is 0 Å². The Labute approximate surface area is 152 Å². The second-order valence-electron chi connectivity index (χ2n) is 5.60. The highest BCUT2D eigenvalue weighted by atomic mass is 35.5. The molecule has 0 aliphatic rings. The number of benzene rings is 1. The van der Waals surface area contributed by atoms with Gasteiger partial charge >= 0.3 is 0 Å². The van der Waals surface area contributed by atoms with E-state index in [-0.39, 0.29) is 11.9 Å². The topological polar surface area (TPSA) is 59.8 Å². The molecule has 0 aliphatic carbocycles. The van der Waals surface area contributed by atoms with Gasteiger partial charge in [-0.3, -0.25) is 4.79 Å². The van der Waals surface area contributed by atoms with E-state index in [4.69, 9.17) is 11.6 Å². The van der Waals surface area contributed by atoms with Crippen molar-refractivity contribution in [3.63, 3.8) is 0 Å². The number of halogens is 1. The summed E-state index contributed by atoms with van der Waals surface area (Å²) in [5.41, 5.74) is 0.960. The van der Waals surface area contributed by atoms with Crippen LogP contribution in [0.5, 0.6) is 0 Å². The van der Waals surface area contributed by atoms with E-state index in [0.29, 0.717) is 10.8 Å². The van der Waals surface area contributed by atoms with Crippen molar-refractivity contribution in [2.45, 2.75) is 51.4 Å². The number of hydrogen-bond acceptors (Lipinski definition) is 4. The monoisotopic (exact) mass is 366 g/mol. The van der Waals surface area contributed by atoms with E-state index < -0.39 is 0 Å². The lowest BCUT2D eigenvalue weighted by molar-refractivity contribution is -0.119. The minimum atomic E-state index is 0.0274. The van der Waals surface area contributed by atoms with Gasteiger partial charge in [0, 0.05) is 23.2 Å². The third-order valence-corrected chi connectivity index (χ3v) is 4.82. The summed E-state index contributed by atoms with van der Waals surface area (Å²) in [6.45, 7) is 6.91. The summed E-state index contributed by atoms with van der Waals surface area (Å²) in [7, 11) is 0. The molecule has 1 heterocycles. The van der Waals surface area contributed by atoms with Gasteiger partial charge in [-0.05, 0) is 44.5 Å². The maximum atomic E-state index is 12.0. The average Bonchev–Trinajstić information content (AvgIpc) is 2.96. The second kappa shape index (κ2) is 9.08. The van der Waals surface area contributed by atoms with Crippen molar-refractivity contribution < 1.29 is 4.79 Å². The van der Waals surface area contributed by atoms with Crippen molar-refractivity contribution in [3.8, 4) is 11.4 Å². The number of nitrogens with zero attached hydrogens (tertiary/aromatic N) is 3. The predicted molar refractivity (Wildman–Crippen MR) is 99.4 cm³/mol. The lowest BCUT2D eigenvalue weighted by Gasteiger charge is -2.12.